The van der Waals surface area contributed by atoms with Crippen LogP contribution in [0, 0.1) is 5.92 Å². The molecule has 2 rings (SSSR count). The van der Waals surface area contributed by atoms with Crippen LogP contribution in [-0.2, 0) is 0 Å². The van der Waals surface area contributed by atoms with Crippen LogP contribution < -0.4 is 5.73 Å². The lowest BCUT2D eigenvalue weighted by molar-refractivity contribution is -0.00544. The van der Waals surface area contributed by atoms with E-state index in [4.69, 9.17) is 5.73 Å². The molecule has 0 spiro atoms. The Kier molecular flexibility index (Phi) is 3.33. The molecule has 88 valence electrons. The van der Waals surface area contributed by atoms with Crippen molar-refractivity contribution in [3.63, 3.8) is 0 Å². The van der Waals surface area contributed by atoms with Gasteiger partial charge in [0.1, 0.15) is 0 Å². The minimum Gasteiger partial charge on any atom is -0.388 e. The number of nitrogens with two attached hydrogens (primary N) is 1. The van der Waals surface area contributed by atoms with Crippen LogP contribution in [0.4, 0.5) is 0 Å². The van der Waals surface area contributed by atoms with E-state index in [1.54, 1.807) is 0 Å². The molecular formula is C12H24N2O. The zero-order valence-electron chi connectivity index (χ0n) is 9.78. The molecule has 0 aromatic carbocycles. The van der Waals surface area contributed by atoms with Crippen LogP contribution in [0.25, 0.3) is 0 Å². The Morgan fingerprint density at radius 1 is 1.33 bits per heavy atom. The average Bonchev–Trinajstić information content (AvgIpc) is 2.66. The van der Waals surface area contributed by atoms with E-state index >= 15 is 0 Å². The van der Waals surface area contributed by atoms with E-state index in [0.717, 1.165) is 25.0 Å². The van der Waals surface area contributed by atoms with Gasteiger partial charge in [-0.25, -0.2) is 0 Å². The number of hydrogen-bond donors (Lipinski definition) is 2. The quantitative estimate of drug-likeness (QED) is 0.732. The Hall–Kier alpha value is -0.120. The molecule has 1 saturated carbocycles. The molecule has 3 atom stereocenters. The highest BCUT2D eigenvalue weighted by molar-refractivity contribution is 4.92. The lowest BCUT2D eigenvalue weighted by atomic mass is 9.90. The Labute approximate surface area is 92.6 Å². The molecule has 0 radical (unpaired) electrons. The van der Waals surface area contributed by atoms with Crippen LogP contribution in [-0.4, -0.2) is 41.3 Å². The lowest BCUT2D eigenvalue weighted by Gasteiger charge is -2.41. The first-order valence-corrected chi connectivity index (χ1v) is 6.29. The summed E-state index contributed by atoms with van der Waals surface area (Å²) in [6.07, 6.45) is 6.78. The average molecular weight is 212 g/mol. The van der Waals surface area contributed by atoms with Crippen molar-refractivity contribution < 1.29 is 5.11 Å². The van der Waals surface area contributed by atoms with Crippen molar-refractivity contribution >= 4 is 0 Å². The number of aliphatic hydroxyl groups is 1. The third-order valence-corrected chi connectivity index (χ3v) is 4.09. The summed E-state index contributed by atoms with van der Waals surface area (Å²) < 4.78 is 0. The molecule has 1 aliphatic heterocycles. The largest absolute Gasteiger partial charge is 0.388 e. The Morgan fingerprint density at radius 3 is 2.80 bits per heavy atom. The monoisotopic (exact) mass is 212 g/mol. The van der Waals surface area contributed by atoms with Gasteiger partial charge >= 0.3 is 0 Å². The Balaban J connectivity index is 1.96. The smallest absolute Gasteiger partial charge is 0.0867 e. The van der Waals surface area contributed by atoms with E-state index in [9.17, 15) is 5.11 Å². The summed E-state index contributed by atoms with van der Waals surface area (Å²) >= 11 is 0. The fourth-order valence-electron chi connectivity index (χ4n) is 3.26. The molecule has 1 saturated heterocycles. The molecule has 1 aliphatic carbocycles. The van der Waals surface area contributed by atoms with Gasteiger partial charge in [0.05, 0.1) is 5.60 Å². The summed E-state index contributed by atoms with van der Waals surface area (Å²) in [7, 11) is 0. The molecule has 15 heavy (non-hydrogen) atoms. The van der Waals surface area contributed by atoms with Gasteiger partial charge in [0.2, 0.25) is 0 Å². The first kappa shape index (κ1) is 11.4. The number of likely N-dealkylation sites (tertiary alicyclic amines) is 1. The zero-order chi connectivity index (χ0) is 10.9. The third-order valence-electron chi connectivity index (χ3n) is 4.09. The second kappa shape index (κ2) is 4.40. The summed E-state index contributed by atoms with van der Waals surface area (Å²) in [5, 5.41) is 10.0. The molecule has 0 aromatic rings. The van der Waals surface area contributed by atoms with Crippen LogP contribution in [0.1, 0.15) is 39.0 Å². The van der Waals surface area contributed by atoms with Crippen LogP contribution in [0.5, 0.6) is 0 Å². The summed E-state index contributed by atoms with van der Waals surface area (Å²) in [5.41, 5.74) is 4.88. The minimum atomic E-state index is -0.704. The van der Waals surface area contributed by atoms with Crippen molar-refractivity contribution in [3.05, 3.63) is 0 Å². The zero-order valence-corrected chi connectivity index (χ0v) is 9.78. The van der Waals surface area contributed by atoms with Crippen LogP contribution in [0.15, 0.2) is 0 Å². The Morgan fingerprint density at radius 2 is 2.07 bits per heavy atom. The van der Waals surface area contributed by atoms with E-state index in [0.29, 0.717) is 6.54 Å². The van der Waals surface area contributed by atoms with Gasteiger partial charge in [-0.1, -0.05) is 6.42 Å². The topological polar surface area (TPSA) is 49.5 Å². The predicted molar refractivity (Wildman–Crippen MR) is 61.6 cm³/mol. The SMILES string of the molecule is CC(O)(CN)CN1CCCC2CCCC21. The molecule has 2 aliphatic rings. The van der Waals surface area contributed by atoms with Crippen molar-refractivity contribution in [1.82, 2.24) is 4.90 Å². The van der Waals surface area contributed by atoms with E-state index in [1.165, 1.54) is 32.1 Å². The van der Waals surface area contributed by atoms with Gasteiger partial charge in [0.25, 0.3) is 0 Å². The van der Waals surface area contributed by atoms with Gasteiger partial charge in [-0.3, -0.25) is 4.90 Å². The van der Waals surface area contributed by atoms with Gasteiger partial charge in [-0.05, 0) is 45.1 Å². The maximum absolute atomic E-state index is 10.0. The van der Waals surface area contributed by atoms with Crippen molar-refractivity contribution in [2.75, 3.05) is 19.6 Å². The number of nitrogens with zero attached hydrogens (tertiary/aromatic N) is 1. The highest BCUT2D eigenvalue weighted by atomic mass is 16.3. The summed E-state index contributed by atoms with van der Waals surface area (Å²) in [5.74, 6) is 0.896. The molecule has 1 heterocycles. The van der Waals surface area contributed by atoms with E-state index in [-0.39, 0.29) is 0 Å². The molecule has 0 aromatic heterocycles. The van der Waals surface area contributed by atoms with Gasteiger partial charge < -0.3 is 10.8 Å². The highest BCUT2D eigenvalue weighted by Crippen LogP contribution is 2.37. The van der Waals surface area contributed by atoms with Crippen LogP contribution in [0.3, 0.4) is 0 Å². The highest BCUT2D eigenvalue weighted by Gasteiger charge is 2.37. The number of piperidine rings is 1. The number of β-amino-alcohol motifs (C(OH)–C–C–N with tert-alkyl or cyclic N) is 1. The van der Waals surface area contributed by atoms with E-state index in [2.05, 4.69) is 4.90 Å². The molecule has 3 heteroatoms. The fraction of sp³-hybridized carbons (Fsp3) is 1.00. The maximum Gasteiger partial charge on any atom is 0.0867 e. The Bertz CT molecular complexity index is 218. The van der Waals surface area contributed by atoms with Crippen molar-refractivity contribution in [2.24, 2.45) is 11.7 Å². The molecule has 3 N–H and O–H groups in total. The second-order valence-electron chi connectivity index (χ2n) is 5.57. The number of fused-ring (bicyclic) bond motifs is 1. The minimum absolute atomic E-state index is 0.362. The normalized spacial score (nSPS) is 36.2. The van der Waals surface area contributed by atoms with Crippen molar-refractivity contribution in [1.29, 1.82) is 0 Å². The fourth-order valence-corrected chi connectivity index (χ4v) is 3.26. The molecule has 2 fully saturated rings. The summed E-state index contributed by atoms with van der Waals surface area (Å²) in [4.78, 5) is 2.48. The van der Waals surface area contributed by atoms with Gasteiger partial charge in [-0.15, -0.1) is 0 Å². The summed E-state index contributed by atoms with van der Waals surface area (Å²) in [6, 6.07) is 0.733. The van der Waals surface area contributed by atoms with Crippen molar-refractivity contribution in [2.45, 2.75) is 50.7 Å². The lowest BCUT2D eigenvalue weighted by Crippen LogP contribution is -2.52. The third kappa shape index (κ3) is 2.52. The van der Waals surface area contributed by atoms with Gasteiger partial charge in [0.15, 0.2) is 0 Å². The molecule has 0 bridgehead atoms. The second-order valence-corrected chi connectivity index (χ2v) is 5.57. The summed E-state index contributed by atoms with van der Waals surface area (Å²) in [6.45, 7) is 4.12. The van der Waals surface area contributed by atoms with E-state index < -0.39 is 5.60 Å². The molecular weight excluding hydrogens is 188 g/mol. The van der Waals surface area contributed by atoms with Gasteiger partial charge in [-0.2, -0.15) is 0 Å². The first-order valence-electron chi connectivity index (χ1n) is 6.29. The van der Waals surface area contributed by atoms with Crippen LogP contribution >= 0.6 is 0 Å². The van der Waals surface area contributed by atoms with Crippen LogP contribution in [0.2, 0.25) is 0 Å². The molecule has 3 unspecified atom stereocenters. The van der Waals surface area contributed by atoms with E-state index in [1.807, 2.05) is 6.92 Å². The predicted octanol–water partition coefficient (Wildman–Crippen LogP) is 0.961. The van der Waals surface area contributed by atoms with Gasteiger partial charge in [0, 0.05) is 19.1 Å². The first-order chi connectivity index (χ1) is 7.12. The number of hydrogen-bond acceptors (Lipinski definition) is 3. The maximum atomic E-state index is 10.0. The van der Waals surface area contributed by atoms with Crippen molar-refractivity contribution in [3.8, 4) is 0 Å². The molecule has 0 amide bonds. The molecule has 3 nitrogen and oxygen atoms in total. The number of rotatable bonds is 3. The standard InChI is InChI=1S/C12H24N2O/c1-12(15,8-13)9-14-7-3-5-10-4-2-6-11(10)14/h10-11,15H,2-9,13H2,1H3.